The number of carbonyl (C=O) groups is 3. The molecule has 0 spiro atoms. The molecule has 0 aromatic heterocycles. The predicted octanol–water partition coefficient (Wildman–Crippen LogP) is 1.17. The fraction of sp³-hybridized carbons (Fsp3) is 0.842. The summed E-state index contributed by atoms with van der Waals surface area (Å²) < 4.78 is 4.97. The molecule has 1 fully saturated rings. The van der Waals surface area contributed by atoms with Gasteiger partial charge in [-0.25, -0.2) is 0 Å². The zero-order valence-corrected chi connectivity index (χ0v) is 16.8. The number of carbonyl (C=O) groups excluding carboxylic acids is 3. The molecule has 26 heavy (non-hydrogen) atoms. The van der Waals surface area contributed by atoms with Crippen LogP contribution in [-0.2, 0) is 19.1 Å². The van der Waals surface area contributed by atoms with Crippen molar-refractivity contribution in [1.82, 2.24) is 15.5 Å². The second-order valence-electron chi connectivity index (χ2n) is 7.74. The van der Waals surface area contributed by atoms with Gasteiger partial charge in [-0.1, -0.05) is 27.7 Å². The largest absolute Gasteiger partial charge is 0.383 e. The van der Waals surface area contributed by atoms with Gasteiger partial charge in [-0.05, 0) is 24.7 Å². The van der Waals surface area contributed by atoms with E-state index in [1.54, 1.807) is 7.11 Å². The lowest BCUT2D eigenvalue weighted by Gasteiger charge is -2.36. The van der Waals surface area contributed by atoms with Crippen LogP contribution in [0.2, 0.25) is 0 Å². The van der Waals surface area contributed by atoms with Gasteiger partial charge in [0.05, 0.1) is 6.61 Å². The van der Waals surface area contributed by atoms with Gasteiger partial charge in [-0.2, -0.15) is 0 Å². The molecule has 7 nitrogen and oxygen atoms in total. The molecule has 1 aliphatic rings. The van der Waals surface area contributed by atoms with Gasteiger partial charge in [0, 0.05) is 39.1 Å². The first kappa shape index (κ1) is 22.4. The van der Waals surface area contributed by atoms with Crippen LogP contribution in [0.15, 0.2) is 0 Å². The third-order valence-electron chi connectivity index (χ3n) is 4.61. The van der Waals surface area contributed by atoms with Crippen molar-refractivity contribution < 1.29 is 19.1 Å². The van der Waals surface area contributed by atoms with Crippen LogP contribution < -0.4 is 10.6 Å². The van der Waals surface area contributed by atoms with E-state index in [4.69, 9.17) is 4.74 Å². The maximum atomic E-state index is 12.6. The highest BCUT2D eigenvalue weighted by Crippen LogP contribution is 2.22. The summed E-state index contributed by atoms with van der Waals surface area (Å²) in [6.45, 7) is 9.84. The minimum atomic E-state index is -0.561. The first-order valence-corrected chi connectivity index (χ1v) is 9.61. The highest BCUT2D eigenvalue weighted by atomic mass is 16.5. The molecular weight excluding hydrogens is 334 g/mol. The first-order chi connectivity index (χ1) is 12.3. The number of amides is 3. The van der Waals surface area contributed by atoms with E-state index in [2.05, 4.69) is 10.6 Å². The maximum absolute atomic E-state index is 12.6. The zero-order valence-electron chi connectivity index (χ0n) is 16.8. The van der Waals surface area contributed by atoms with E-state index in [0.29, 0.717) is 45.5 Å². The number of hydrogen-bond acceptors (Lipinski definition) is 4. The third kappa shape index (κ3) is 7.32. The molecule has 1 rings (SSSR count). The van der Waals surface area contributed by atoms with Crippen LogP contribution in [0, 0.1) is 17.8 Å². The van der Waals surface area contributed by atoms with E-state index in [0.717, 1.165) is 0 Å². The summed E-state index contributed by atoms with van der Waals surface area (Å²) in [4.78, 5) is 38.8. The summed E-state index contributed by atoms with van der Waals surface area (Å²) in [5.74, 6) is 0.113. The molecular formula is C19H35N3O4. The van der Waals surface area contributed by atoms with E-state index in [1.165, 1.54) is 0 Å². The average molecular weight is 370 g/mol. The van der Waals surface area contributed by atoms with Crippen molar-refractivity contribution in [1.29, 1.82) is 0 Å². The molecule has 0 aliphatic carbocycles. The summed E-state index contributed by atoms with van der Waals surface area (Å²) in [6.07, 6.45) is 1.82. The van der Waals surface area contributed by atoms with Gasteiger partial charge in [0.25, 0.3) is 0 Å². The summed E-state index contributed by atoms with van der Waals surface area (Å²) in [5.41, 5.74) is 0. The molecule has 1 saturated heterocycles. The number of methoxy groups -OCH3 is 1. The number of ether oxygens (including phenoxy) is 1. The van der Waals surface area contributed by atoms with Gasteiger partial charge in [0.15, 0.2) is 0 Å². The van der Waals surface area contributed by atoms with E-state index < -0.39 is 6.04 Å². The van der Waals surface area contributed by atoms with Crippen LogP contribution in [0.1, 0.15) is 47.0 Å². The Morgan fingerprint density at radius 2 is 1.73 bits per heavy atom. The molecule has 7 heteroatoms. The Hall–Kier alpha value is -1.63. The molecule has 3 amide bonds. The lowest BCUT2D eigenvalue weighted by molar-refractivity contribution is -0.137. The third-order valence-corrected chi connectivity index (χ3v) is 4.61. The molecule has 1 heterocycles. The summed E-state index contributed by atoms with van der Waals surface area (Å²) in [7, 11) is 1.58. The Balaban J connectivity index is 2.70. The normalized spacial score (nSPS) is 16.7. The van der Waals surface area contributed by atoms with Crippen LogP contribution in [0.4, 0.5) is 0 Å². The SMILES string of the molecule is COCCNC(=O)C(NC(=O)CC(C)C)C1CCN(C(=O)C(C)C)CC1. The molecule has 1 atom stereocenters. The molecule has 2 N–H and O–H groups in total. The Morgan fingerprint density at radius 3 is 2.23 bits per heavy atom. The fourth-order valence-electron chi connectivity index (χ4n) is 3.21. The van der Waals surface area contributed by atoms with Gasteiger partial charge >= 0.3 is 0 Å². The smallest absolute Gasteiger partial charge is 0.242 e. The minimum absolute atomic E-state index is 0.0227. The lowest BCUT2D eigenvalue weighted by Crippen LogP contribution is -2.54. The first-order valence-electron chi connectivity index (χ1n) is 9.61. The Labute approximate surface area is 157 Å². The molecule has 0 radical (unpaired) electrons. The van der Waals surface area contributed by atoms with Crippen LogP contribution in [0.25, 0.3) is 0 Å². The zero-order chi connectivity index (χ0) is 19.7. The molecule has 1 unspecified atom stereocenters. The summed E-state index contributed by atoms with van der Waals surface area (Å²) >= 11 is 0. The van der Waals surface area contributed by atoms with Crippen molar-refractivity contribution in [3.8, 4) is 0 Å². The van der Waals surface area contributed by atoms with Crippen LogP contribution >= 0.6 is 0 Å². The Morgan fingerprint density at radius 1 is 1.12 bits per heavy atom. The van der Waals surface area contributed by atoms with Gasteiger partial charge in [0.1, 0.15) is 6.04 Å². The second-order valence-corrected chi connectivity index (χ2v) is 7.74. The van der Waals surface area contributed by atoms with Crippen LogP contribution in [0.3, 0.4) is 0 Å². The van der Waals surface area contributed by atoms with E-state index in [1.807, 2.05) is 32.6 Å². The standard InChI is InChI=1S/C19H35N3O4/c1-13(2)12-16(23)21-17(18(24)20-8-11-26-5)15-6-9-22(10-7-15)19(25)14(3)4/h13-15,17H,6-12H2,1-5H3,(H,20,24)(H,21,23). The second kappa shape index (κ2) is 11.2. The topological polar surface area (TPSA) is 87.7 Å². The minimum Gasteiger partial charge on any atom is -0.383 e. The van der Waals surface area contributed by atoms with Gasteiger partial charge in [0.2, 0.25) is 17.7 Å². The van der Waals surface area contributed by atoms with Gasteiger partial charge < -0.3 is 20.3 Å². The number of nitrogens with one attached hydrogen (secondary N) is 2. The Kier molecular flexibility index (Phi) is 9.62. The molecule has 0 aromatic rings. The van der Waals surface area contributed by atoms with E-state index in [-0.39, 0.29) is 35.5 Å². The quantitative estimate of drug-likeness (QED) is 0.597. The number of rotatable bonds is 9. The summed E-state index contributed by atoms with van der Waals surface area (Å²) in [5, 5.41) is 5.75. The van der Waals surface area contributed by atoms with Crippen molar-refractivity contribution in [3.05, 3.63) is 0 Å². The van der Waals surface area contributed by atoms with Gasteiger partial charge in [-0.3, -0.25) is 14.4 Å². The van der Waals surface area contributed by atoms with E-state index >= 15 is 0 Å². The molecule has 150 valence electrons. The number of piperidine rings is 1. The molecule has 0 aromatic carbocycles. The highest BCUT2D eigenvalue weighted by molar-refractivity contribution is 5.88. The maximum Gasteiger partial charge on any atom is 0.242 e. The predicted molar refractivity (Wildman–Crippen MR) is 100 cm³/mol. The van der Waals surface area contributed by atoms with Crippen molar-refractivity contribution in [2.45, 2.75) is 53.0 Å². The van der Waals surface area contributed by atoms with Crippen molar-refractivity contribution in [2.24, 2.45) is 17.8 Å². The molecule has 1 aliphatic heterocycles. The van der Waals surface area contributed by atoms with Gasteiger partial charge in [-0.15, -0.1) is 0 Å². The molecule has 0 saturated carbocycles. The number of hydrogen-bond donors (Lipinski definition) is 2. The lowest BCUT2D eigenvalue weighted by atomic mass is 9.88. The van der Waals surface area contributed by atoms with Crippen molar-refractivity contribution >= 4 is 17.7 Å². The highest BCUT2D eigenvalue weighted by Gasteiger charge is 2.34. The van der Waals surface area contributed by atoms with Crippen LogP contribution in [0.5, 0.6) is 0 Å². The Bertz CT molecular complexity index is 471. The van der Waals surface area contributed by atoms with Crippen molar-refractivity contribution in [3.63, 3.8) is 0 Å². The van der Waals surface area contributed by atoms with Crippen LogP contribution in [-0.4, -0.2) is 62.0 Å². The van der Waals surface area contributed by atoms with Crippen molar-refractivity contribution in [2.75, 3.05) is 33.4 Å². The molecule has 0 bridgehead atoms. The monoisotopic (exact) mass is 369 g/mol. The number of likely N-dealkylation sites (tertiary alicyclic amines) is 1. The van der Waals surface area contributed by atoms with E-state index in [9.17, 15) is 14.4 Å². The summed E-state index contributed by atoms with van der Waals surface area (Å²) in [6, 6.07) is -0.561. The number of nitrogens with zero attached hydrogens (tertiary/aromatic N) is 1. The fourth-order valence-corrected chi connectivity index (χ4v) is 3.21. The average Bonchev–Trinajstić information content (AvgIpc) is 2.58.